The molecule has 0 fully saturated rings. The van der Waals surface area contributed by atoms with E-state index in [2.05, 4.69) is 114 Å². The van der Waals surface area contributed by atoms with Gasteiger partial charge in [0.1, 0.15) is 0 Å². The van der Waals surface area contributed by atoms with Gasteiger partial charge in [-0.25, -0.2) is 0 Å². The topological polar surface area (TPSA) is 0 Å². The minimum Gasteiger partial charge on any atom is -0.0625 e. The first-order chi connectivity index (χ1) is 13.2. The van der Waals surface area contributed by atoms with E-state index in [1.807, 2.05) is 0 Å². The van der Waals surface area contributed by atoms with Gasteiger partial charge in [0.15, 0.2) is 14.7 Å². The summed E-state index contributed by atoms with van der Waals surface area (Å²) < 4.78 is 0. The van der Waals surface area contributed by atoms with Crippen molar-refractivity contribution in [2.24, 2.45) is 5.92 Å². The first-order valence-corrected chi connectivity index (χ1v) is 11.5. The second-order valence-electron chi connectivity index (χ2n) is 9.14. The molecule has 0 nitrogen and oxygen atoms in total. The number of hydrogen-bond donors (Lipinski definition) is 0. The van der Waals surface area contributed by atoms with Gasteiger partial charge in [-0.15, -0.1) is 0 Å². The molecule has 0 saturated carbocycles. The Morgan fingerprint density at radius 1 is 0.679 bits per heavy atom. The Balaban J connectivity index is 2.01. The van der Waals surface area contributed by atoms with E-state index in [1.54, 1.807) is 0 Å². The molecule has 0 saturated heterocycles. The van der Waals surface area contributed by atoms with Gasteiger partial charge in [0.05, 0.1) is 10.9 Å². The van der Waals surface area contributed by atoms with E-state index in [-0.39, 0.29) is 16.3 Å². The molecule has 0 aromatic heterocycles. The van der Waals surface area contributed by atoms with E-state index >= 15 is 0 Å². The van der Waals surface area contributed by atoms with E-state index in [0.717, 1.165) is 6.42 Å². The fraction of sp³-hybridized carbons (Fsp3) is 0.333. The molecular formula is C27H33S+. The van der Waals surface area contributed by atoms with Gasteiger partial charge < -0.3 is 0 Å². The van der Waals surface area contributed by atoms with Gasteiger partial charge in [0.2, 0.25) is 0 Å². The SMILES string of the molecule is Cc1ccc([S+](c2ccc(CC(C)C)cc2)c2ccc(C(C)(C)C)cc2)cc1. The molecule has 146 valence electrons. The van der Waals surface area contributed by atoms with Crippen molar-refractivity contribution in [1.29, 1.82) is 0 Å². The van der Waals surface area contributed by atoms with Gasteiger partial charge in [0, 0.05) is 0 Å². The molecule has 3 aromatic rings. The van der Waals surface area contributed by atoms with Crippen LogP contribution in [-0.4, -0.2) is 0 Å². The first kappa shape index (κ1) is 20.7. The van der Waals surface area contributed by atoms with Crippen molar-refractivity contribution >= 4 is 10.9 Å². The van der Waals surface area contributed by atoms with Crippen LogP contribution in [0.4, 0.5) is 0 Å². The van der Waals surface area contributed by atoms with Crippen LogP contribution in [0.3, 0.4) is 0 Å². The van der Waals surface area contributed by atoms with Gasteiger partial charge in [-0.2, -0.15) is 0 Å². The van der Waals surface area contributed by atoms with E-state index < -0.39 is 0 Å². The average molecular weight is 390 g/mol. The van der Waals surface area contributed by atoms with Crippen molar-refractivity contribution in [2.45, 2.75) is 68.1 Å². The van der Waals surface area contributed by atoms with Crippen molar-refractivity contribution in [3.8, 4) is 0 Å². The van der Waals surface area contributed by atoms with Crippen LogP contribution in [0.1, 0.15) is 51.3 Å². The predicted octanol–water partition coefficient (Wildman–Crippen LogP) is 7.59. The fourth-order valence-electron chi connectivity index (χ4n) is 3.41. The number of benzene rings is 3. The van der Waals surface area contributed by atoms with Gasteiger partial charge >= 0.3 is 0 Å². The normalized spacial score (nSPS) is 13.0. The highest BCUT2D eigenvalue weighted by Crippen LogP contribution is 2.33. The summed E-state index contributed by atoms with van der Waals surface area (Å²) in [5.74, 6) is 0.686. The molecule has 0 bridgehead atoms. The van der Waals surface area contributed by atoms with Gasteiger partial charge in [0.25, 0.3) is 0 Å². The molecule has 28 heavy (non-hydrogen) atoms. The van der Waals surface area contributed by atoms with E-state index in [0.29, 0.717) is 5.92 Å². The van der Waals surface area contributed by atoms with Crippen LogP contribution in [0, 0.1) is 12.8 Å². The van der Waals surface area contributed by atoms with Crippen LogP contribution in [0.25, 0.3) is 0 Å². The first-order valence-electron chi connectivity index (χ1n) is 10.2. The molecule has 0 heterocycles. The largest absolute Gasteiger partial charge is 0.166 e. The van der Waals surface area contributed by atoms with E-state index in [9.17, 15) is 0 Å². The summed E-state index contributed by atoms with van der Waals surface area (Å²) in [6, 6.07) is 27.6. The van der Waals surface area contributed by atoms with Crippen molar-refractivity contribution in [1.82, 2.24) is 0 Å². The quantitative estimate of drug-likeness (QED) is 0.394. The smallest absolute Gasteiger partial charge is 0.0625 e. The molecule has 0 amide bonds. The molecule has 0 N–H and O–H groups in total. The average Bonchev–Trinajstić information content (AvgIpc) is 2.64. The Hall–Kier alpha value is -1.99. The summed E-state index contributed by atoms with van der Waals surface area (Å²) in [4.78, 5) is 4.15. The minimum atomic E-state index is -0.0789. The number of hydrogen-bond acceptors (Lipinski definition) is 0. The van der Waals surface area contributed by atoms with Crippen LogP contribution in [0.2, 0.25) is 0 Å². The van der Waals surface area contributed by atoms with E-state index in [4.69, 9.17) is 0 Å². The van der Waals surface area contributed by atoms with Crippen LogP contribution < -0.4 is 0 Å². The Bertz CT molecular complexity index is 879. The maximum Gasteiger partial charge on any atom is 0.166 e. The lowest BCUT2D eigenvalue weighted by atomic mass is 9.87. The predicted molar refractivity (Wildman–Crippen MR) is 123 cm³/mol. The molecule has 0 aliphatic rings. The second-order valence-corrected chi connectivity index (χ2v) is 11.2. The third-order valence-electron chi connectivity index (χ3n) is 5.02. The summed E-state index contributed by atoms with van der Waals surface area (Å²) >= 11 is 0. The van der Waals surface area contributed by atoms with Crippen LogP contribution >= 0.6 is 0 Å². The molecule has 0 aliphatic carbocycles. The molecule has 1 unspecified atom stereocenters. The molecule has 1 heteroatoms. The summed E-state index contributed by atoms with van der Waals surface area (Å²) in [5, 5.41) is 0. The van der Waals surface area contributed by atoms with Gasteiger partial charge in [-0.3, -0.25) is 0 Å². The zero-order valence-electron chi connectivity index (χ0n) is 18.1. The summed E-state index contributed by atoms with van der Waals surface area (Å²) in [5.41, 5.74) is 4.30. The Labute approximate surface area is 174 Å². The lowest BCUT2D eigenvalue weighted by Gasteiger charge is -2.19. The molecule has 3 rings (SSSR count). The molecular weight excluding hydrogens is 356 g/mol. The van der Waals surface area contributed by atoms with Gasteiger partial charge in [-0.05, 0) is 72.2 Å². The van der Waals surface area contributed by atoms with Crippen molar-refractivity contribution < 1.29 is 0 Å². The molecule has 3 aromatic carbocycles. The highest BCUT2D eigenvalue weighted by Gasteiger charge is 2.29. The molecule has 0 radical (unpaired) electrons. The van der Waals surface area contributed by atoms with E-state index in [1.165, 1.54) is 31.4 Å². The molecule has 0 spiro atoms. The number of aryl methyl sites for hydroxylation is 1. The molecule has 1 atom stereocenters. The molecule has 0 aliphatic heterocycles. The highest BCUT2D eigenvalue weighted by atomic mass is 32.2. The highest BCUT2D eigenvalue weighted by molar-refractivity contribution is 7.97. The zero-order chi connectivity index (χ0) is 20.3. The van der Waals surface area contributed by atoms with Gasteiger partial charge in [-0.1, -0.05) is 76.6 Å². The Kier molecular flexibility index (Phi) is 6.35. The van der Waals surface area contributed by atoms with Crippen LogP contribution in [0.15, 0.2) is 87.5 Å². The fourth-order valence-corrected chi connectivity index (χ4v) is 5.45. The summed E-state index contributed by atoms with van der Waals surface area (Å²) in [6.07, 6.45) is 1.14. The Morgan fingerprint density at radius 3 is 1.54 bits per heavy atom. The monoisotopic (exact) mass is 389 g/mol. The summed E-state index contributed by atoms with van der Waals surface area (Å²) in [6.45, 7) is 13.5. The lowest BCUT2D eigenvalue weighted by Crippen LogP contribution is -2.11. The lowest BCUT2D eigenvalue weighted by molar-refractivity contribution is 0.589. The third kappa shape index (κ3) is 5.08. The standard InChI is InChI=1S/C27H33S/c1-20(2)19-22-9-15-25(16-10-22)28(24-13-7-21(3)8-14-24)26-17-11-23(12-18-26)27(4,5)6/h7-18,20H,19H2,1-6H3/q+1. The second kappa shape index (κ2) is 8.57. The minimum absolute atomic E-state index is 0.0789. The zero-order valence-corrected chi connectivity index (χ0v) is 18.9. The third-order valence-corrected chi connectivity index (χ3v) is 7.25. The maximum atomic E-state index is 2.33. The van der Waals surface area contributed by atoms with Crippen LogP contribution in [-0.2, 0) is 22.7 Å². The maximum absolute atomic E-state index is 2.33. The van der Waals surface area contributed by atoms with Crippen molar-refractivity contribution in [3.05, 3.63) is 89.5 Å². The summed E-state index contributed by atoms with van der Waals surface area (Å²) in [7, 11) is -0.0789. The van der Waals surface area contributed by atoms with Crippen molar-refractivity contribution in [2.75, 3.05) is 0 Å². The van der Waals surface area contributed by atoms with Crippen molar-refractivity contribution in [3.63, 3.8) is 0 Å². The Morgan fingerprint density at radius 2 is 1.11 bits per heavy atom. The van der Waals surface area contributed by atoms with Crippen LogP contribution in [0.5, 0.6) is 0 Å². The number of rotatable bonds is 5.